The molecule has 0 spiro atoms. The van der Waals surface area contributed by atoms with E-state index in [0.717, 1.165) is 24.9 Å². The minimum atomic E-state index is -0.547. The molecule has 1 aliphatic heterocycles. The molecule has 1 N–H and O–H groups in total. The van der Waals surface area contributed by atoms with Crippen LogP contribution in [0.25, 0.3) is 0 Å². The number of carbonyl (C=O) groups is 1. The summed E-state index contributed by atoms with van der Waals surface area (Å²) in [6.45, 7) is 14.0. The summed E-state index contributed by atoms with van der Waals surface area (Å²) in [5.41, 5.74) is 0.0305. The summed E-state index contributed by atoms with van der Waals surface area (Å²) >= 11 is 0. The second kappa shape index (κ2) is 6.47. The van der Waals surface area contributed by atoms with Gasteiger partial charge in [-0.3, -0.25) is 9.69 Å². The van der Waals surface area contributed by atoms with Crippen molar-refractivity contribution in [1.29, 1.82) is 0 Å². The van der Waals surface area contributed by atoms with Crippen molar-refractivity contribution in [3.63, 3.8) is 0 Å². The summed E-state index contributed by atoms with van der Waals surface area (Å²) < 4.78 is 13.2. The summed E-state index contributed by atoms with van der Waals surface area (Å²) in [7, 11) is 0. The Morgan fingerprint density at radius 1 is 1.17 bits per heavy atom. The summed E-state index contributed by atoms with van der Waals surface area (Å²) in [4.78, 5) is 15.6. The van der Waals surface area contributed by atoms with Crippen molar-refractivity contribution in [2.75, 3.05) is 6.54 Å². The molecule has 24 heavy (non-hydrogen) atoms. The van der Waals surface area contributed by atoms with Gasteiger partial charge in [0.05, 0.1) is 0 Å². The topological polar surface area (TPSA) is 32.3 Å². The summed E-state index contributed by atoms with van der Waals surface area (Å²) in [5, 5.41) is 3.19. The van der Waals surface area contributed by atoms with Gasteiger partial charge in [-0.2, -0.15) is 0 Å². The molecule has 1 aliphatic rings. The first-order chi connectivity index (χ1) is 11.0. The van der Waals surface area contributed by atoms with Crippen LogP contribution in [-0.2, 0) is 11.3 Å². The highest BCUT2D eigenvalue weighted by Gasteiger charge is 2.55. The summed E-state index contributed by atoms with van der Waals surface area (Å²) in [5.74, 6) is -0.130. The van der Waals surface area contributed by atoms with Gasteiger partial charge in [0.15, 0.2) is 0 Å². The molecule has 0 radical (unpaired) electrons. The van der Waals surface area contributed by atoms with Crippen LogP contribution < -0.4 is 5.32 Å². The monoisotopic (exact) mass is 334 g/mol. The predicted molar refractivity (Wildman–Crippen MR) is 96.1 cm³/mol. The molecule has 1 fully saturated rings. The van der Waals surface area contributed by atoms with Crippen molar-refractivity contribution in [2.24, 2.45) is 5.41 Å². The highest BCUT2D eigenvalue weighted by Crippen LogP contribution is 2.45. The van der Waals surface area contributed by atoms with Gasteiger partial charge in [-0.05, 0) is 63.3 Å². The van der Waals surface area contributed by atoms with Crippen LogP contribution in [-0.4, -0.2) is 28.4 Å². The molecule has 0 aromatic heterocycles. The van der Waals surface area contributed by atoms with Gasteiger partial charge in [-0.15, -0.1) is 0 Å². The minimum Gasteiger partial charge on any atom is -0.350 e. The lowest BCUT2D eigenvalue weighted by molar-refractivity contribution is -0.141. The smallest absolute Gasteiger partial charge is 0.241 e. The first-order valence-electron chi connectivity index (χ1n) is 8.78. The van der Waals surface area contributed by atoms with E-state index < -0.39 is 5.54 Å². The Morgan fingerprint density at radius 2 is 1.75 bits per heavy atom. The lowest BCUT2D eigenvalue weighted by Crippen LogP contribution is -2.64. The Labute approximate surface area is 145 Å². The van der Waals surface area contributed by atoms with Crippen molar-refractivity contribution in [3.8, 4) is 0 Å². The quantitative estimate of drug-likeness (QED) is 0.902. The Morgan fingerprint density at radius 3 is 2.25 bits per heavy atom. The van der Waals surface area contributed by atoms with Crippen molar-refractivity contribution >= 4 is 5.91 Å². The Balaban J connectivity index is 2.34. The molecule has 0 saturated carbocycles. The molecule has 1 atom stereocenters. The number of benzene rings is 1. The number of carbonyl (C=O) groups excluding carboxylic acids is 1. The van der Waals surface area contributed by atoms with Gasteiger partial charge < -0.3 is 5.32 Å². The molecular formula is C20H31FN2O. The number of likely N-dealkylation sites (tertiary alicyclic amines) is 1. The van der Waals surface area contributed by atoms with E-state index in [2.05, 4.69) is 31.0 Å². The van der Waals surface area contributed by atoms with Crippen molar-refractivity contribution < 1.29 is 9.18 Å². The van der Waals surface area contributed by atoms with E-state index in [1.54, 1.807) is 0 Å². The zero-order chi connectivity index (χ0) is 18.2. The van der Waals surface area contributed by atoms with Crippen molar-refractivity contribution in [2.45, 2.75) is 72.0 Å². The van der Waals surface area contributed by atoms with E-state index >= 15 is 0 Å². The molecule has 0 bridgehead atoms. The number of nitrogens with one attached hydrogen (secondary N) is 1. The van der Waals surface area contributed by atoms with Crippen LogP contribution in [0.5, 0.6) is 0 Å². The van der Waals surface area contributed by atoms with Gasteiger partial charge in [-0.1, -0.05) is 32.9 Å². The summed E-state index contributed by atoms with van der Waals surface area (Å²) in [6, 6.07) is 6.59. The van der Waals surface area contributed by atoms with E-state index in [-0.39, 0.29) is 22.7 Å². The fraction of sp³-hybridized carbons (Fsp3) is 0.650. The largest absolute Gasteiger partial charge is 0.350 e. The lowest BCUT2D eigenvalue weighted by atomic mass is 9.70. The van der Waals surface area contributed by atoms with Crippen LogP contribution in [0.1, 0.15) is 59.9 Å². The first kappa shape index (κ1) is 18.9. The number of nitrogens with zero attached hydrogens (tertiary/aromatic N) is 1. The number of hydrogen-bond donors (Lipinski definition) is 1. The van der Waals surface area contributed by atoms with Crippen LogP contribution in [0.4, 0.5) is 4.39 Å². The third-order valence-corrected chi connectivity index (χ3v) is 4.90. The second-order valence-corrected chi connectivity index (χ2v) is 8.97. The van der Waals surface area contributed by atoms with Crippen LogP contribution in [0.3, 0.4) is 0 Å². The van der Waals surface area contributed by atoms with Crippen LogP contribution in [0.2, 0.25) is 0 Å². The standard InChI is InChI=1S/C20H31FN2O/c1-18(2,3)20(17(24)22-19(4,5)6)12-7-13-23(20)14-15-8-10-16(21)11-9-15/h8-11H,7,12-14H2,1-6H3,(H,22,24)/t20-/m0/s1. The number of rotatable bonds is 3. The van der Waals surface area contributed by atoms with E-state index in [0.29, 0.717) is 6.54 Å². The Bertz CT molecular complexity index is 583. The van der Waals surface area contributed by atoms with E-state index in [1.807, 2.05) is 32.9 Å². The highest BCUT2D eigenvalue weighted by atomic mass is 19.1. The third kappa shape index (κ3) is 3.80. The van der Waals surface area contributed by atoms with Gasteiger partial charge in [0.1, 0.15) is 11.4 Å². The Kier molecular flexibility index (Phi) is 5.10. The average Bonchev–Trinajstić information content (AvgIpc) is 2.84. The highest BCUT2D eigenvalue weighted by molar-refractivity contribution is 5.88. The molecule has 0 unspecified atom stereocenters. The maximum Gasteiger partial charge on any atom is 0.241 e. The normalized spacial score (nSPS) is 22.6. The van der Waals surface area contributed by atoms with Crippen molar-refractivity contribution in [3.05, 3.63) is 35.6 Å². The molecule has 1 aromatic rings. The molecule has 1 saturated heterocycles. The number of amides is 1. The van der Waals surface area contributed by atoms with E-state index in [4.69, 9.17) is 0 Å². The van der Waals surface area contributed by atoms with E-state index in [1.165, 1.54) is 12.1 Å². The maximum atomic E-state index is 13.3. The minimum absolute atomic E-state index is 0.0992. The zero-order valence-corrected chi connectivity index (χ0v) is 15.9. The van der Waals surface area contributed by atoms with Crippen molar-refractivity contribution in [1.82, 2.24) is 10.2 Å². The number of halogens is 1. The maximum absolute atomic E-state index is 13.3. The zero-order valence-electron chi connectivity index (χ0n) is 15.9. The Hall–Kier alpha value is -1.42. The van der Waals surface area contributed by atoms with Crippen LogP contribution in [0, 0.1) is 11.2 Å². The average molecular weight is 334 g/mol. The molecule has 4 heteroatoms. The van der Waals surface area contributed by atoms with Gasteiger partial charge in [0.25, 0.3) is 0 Å². The molecule has 3 nitrogen and oxygen atoms in total. The molecule has 1 aromatic carbocycles. The van der Waals surface area contributed by atoms with Gasteiger partial charge in [0.2, 0.25) is 5.91 Å². The fourth-order valence-electron chi connectivity index (χ4n) is 3.79. The van der Waals surface area contributed by atoms with Gasteiger partial charge >= 0.3 is 0 Å². The SMILES string of the molecule is CC(C)(C)NC(=O)[C@]1(C(C)(C)C)CCCN1Cc1ccc(F)cc1. The van der Waals surface area contributed by atoms with Gasteiger partial charge in [-0.25, -0.2) is 4.39 Å². The molecule has 0 aliphatic carbocycles. The second-order valence-electron chi connectivity index (χ2n) is 8.97. The summed E-state index contributed by atoms with van der Waals surface area (Å²) in [6.07, 6.45) is 1.84. The van der Waals surface area contributed by atoms with Gasteiger partial charge in [0, 0.05) is 12.1 Å². The molecular weight excluding hydrogens is 303 g/mol. The van der Waals surface area contributed by atoms with E-state index in [9.17, 15) is 9.18 Å². The molecule has 134 valence electrons. The molecule has 2 rings (SSSR count). The predicted octanol–water partition coefficient (Wildman–Crippen LogP) is 4.12. The van der Waals surface area contributed by atoms with Crippen LogP contribution >= 0.6 is 0 Å². The molecule has 1 heterocycles. The van der Waals surface area contributed by atoms with Crippen LogP contribution in [0.15, 0.2) is 24.3 Å². The molecule has 1 amide bonds. The first-order valence-corrected chi connectivity index (χ1v) is 8.78. The fourth-order valence-corrected chi connectivity index (χ4v) is 3.79. The lowest BCUT2D eigenvalue weighted by Gasteiger charge is -2.48. The third-order valence-electron chi connectivity index (χ3n) is 4.90. The number of hydrogen-bond acceptors (Lipinski definition) is 2.